The van der Waals surface area contributed by atoms with Gasteiger partial charge < -0.3 is 14.2 Å². The van der Waals surface area contributed by atoms with Crippen molar-refractivity contribution in [3.63, 3.8) is 0 Å². The molecule has 0 heterocycles. The Kier molecular flexibility index (Phi) is 8.79. The van der Waals surface area contributed by atoms with Crippen molar-refractivity contribution in [1.82, 2.24) is 5.43 Å². The van der Waals surface area contributed by atoms with Crippen LogP contribution in [0.1, 0.15) is 11.1 Å². The van der Waals surface area contributed by atoms with Gasteiger partial charge in [0.2, 0.25) is 0 Å². The van der Waals surface area contributed by atoms with Gasteiger partial charge in [0, 0.05) is 15.6 Å². The van der Waals surface area contributed by atoms with Gasteiger partial charge in [0.25, 0.3) is 5.91 Å². The first-order valence-electron chi connectivity index (χ1n) is 9.40. The highest BCUT2D eigenvalue weighted by Crippen LogP contribution is 2.37. The van der Waals surface area contributed by atoms with Gasteiger partial charge in [-0.3, -0.25) is 4.79 Å². The smallest absolute Gasteiger partial charge is 0.277 e. The van der Waals surface area contributed by atoms with Crippen LogP contribution in [0.2, 0.25) is 10.0 Å². The first-order chi connectivity index (χ1) is 15.5. The Hall–Kier alpha value is -2.74. The topological polar surface area (TPSA) is 69.2 Å². The quantitative estimate of drug-likeness (QED) is 0.273. The van der Waals surface area contributed by atoms with Crippen LogP contribution in [-0.4, -0.2) is 25.8 Å². The summed E-state index contributed by atoms with van der Waals surface area (Å²) in [5, 5.41) is 5.18. The lowest BCUT2D eigenvalue weighted by Crippen LogP contribution is -2.24. The second-order valence-electron chi connectivity index (χ2n) is 6.45. The number of carbonyl (C=O) groups excluding carboxylic acids is 1. The van der Waals surface area contributed by atoms with Gasteiger partial charge in [-0.2, -0.15) is 5.10 Å². The van der Waals surface area contributed by atoms with E-state index < -0.39 is 5.91 Å². The second kappa shape index (κ2) is 11.8. The number of rotatable bonds is 9. The highest BCUT2D eigenvalue weighted by atomic mass is 79.9. The number of carbonyl (C=O) groups is 1. The summed E-state index contributed by atoms with van der Waals surface area (Å²) in [5.74, 6) is 1.17. The Morgan fingerprint density at radius 2 is 1.84 bits per heavy atom. The SMILES string of the molecule is COc1cc(/C=N\NC(=O)COc2ccc(Cl)cc2)cc(Br)c1OCc1ccccc1Cl. The second-order valence-corrected chi connectivity index (χ2v) is 8.15. The molecular formula is C23H19BrCl2N2O4. The number of amides is 1. The van der Waals surface area contributed by atoms with E-state index in [0.29, 0.717) is 37.3 Å². The van der Waals surface area contributed by atoms with E-state index >= 15 is 0 Å². The van der Waals surface area contributed by atoms with Crippen LogP contribution < -0.4 is 19.6 Å². The van der Waals surface area contributed by atoms with Crippen molar-refractivity contribution in [2.24, 2.45) is 5.10 Å². The first-order valence-corrected chi connectivity index (χ1v) is 10.9. The van der Waals surface area contributed by atoms with Gasteiger partial charge in [0.1, 0.15) is 12.4 Å². The summed E-state index contributed by atoms with van der Waals surface area (Å²) in [6.07, 6.45) is 1.49. The lowest BCUT2D eigenvalue weighted by atomic mass is 10.2. The van der Waals surface area contributed by atoms with Gasteiger partial charge >= 0.3 is 0 Å². The lowest BCUT2D eigenvalue weighted by molar-refractivity contribution is -0.123. The maximum Gasteiger partial charge on any atom is 0.277 e. The number of hydrogen-bond donors (Lipinski definition) is 1. The summed E-state index contributed by atoms with van der Waals surface area (Å²) in [7, 11) is 1.54. The van der Waals surface area contributed by atoms with Crippen molar-refractivity contribution in [2.75, 3.05) is 13.7 Å². The standard InChI is InChI=1S/C23H19BrCl2N2O4/c1-30-21-11-15(10-19(24)23(21)32-13-16-4-2-3-5-20(16)26)12-27-28-22(29)14-31-18-8-6-17(25)7-9-18/h2-12H,13-14H2,1H3,(H,28,29)/b27-12-. The summed E-state index contributed by atoms with van der Waals surface area (Å²) in [4.78, 5) is 11.9. The van der Waals surface area contributed by atoms with Crippen molar-refractivity contribution in [3.8, 4) is 17.2 Å². The van der Waals surface area contributed by atoms with Crippen LogP contribution in [0.5, 0.6) is 17.2 Å². The monoisotopic (exact) mass is 536 g/mol. The molecule has 1 amide bonds. The molecule has 0 aliphatic carbocycles. The minimum atomic E-state index is -0.401. The molecule has 166 valence electrons. The van der Waals surface area contributed by atoms with Crippen LogP contribution in [0.3, 0.4) is 0 Å². The molecule has 9 heteroatoms. The maximum absolute atomic E-state index is 11.9. The molecule has 0 aromatic heterocycles. The van der Waals surface area contributed by atoms with Gasteiger partial charge in [-0.1, -0.05) is 41.4 Å². The van der Waals surface area contributed by atoms with E-state index in [4.69, 9.17) is 37.4 Å². The molecule has 32 heavy (non-hydrogen) atoms. The number of benzene rings is 3. The van der Waals surface area contributed by atoms with Crippen molar-refractivity contribution >= 4 is 51.3 Å². The van der Waals surface area contributed by atoms with Gasteiger partial charge in [0.15, 0.2) is 18.1 Å². The van der Waals surface area contributed by atoms with Crippen molar-refractivity contribution in [2.45, 2.75) is 6.61 Å². The fourth-order valence-electron chi connectivity index (χ4n) is 2.61. The zero-order valence-electron chi connectivity index (χ0n) is 17.0. The van der Waals surface area contributed by atoms with E-state index in [2.05, 4.69) is 26.5 Å². The molecular weight excluding hydrogens is 519 g/mol. The molecule has 0 spiro atoms. The normalized spacial score (nSPS) is 10.8. The van der Waals surface area contributed by atoms with E-state index in [9.17, 15) is 4.79 Å². The van der Waals surface area contributed by atoms with Crippen molar-refractivity contribution in [1.29, 1.82) is 0 Å². The molecule has 3 rings (SSSR count). The Morgan fingerprint density at radius 3 is 2.56 bits per heavy atom. The van der Waals surface area contributed by atoms with E-state index in [1.165, 1.54) is 6.21 Å². The first kappa shape index (κ1) is 23.9. The largest absolute Gasteiger partial charge is 0.493 e. The van der Waals surface area contributed by atoms with E-state index in [1.807, 2.05) is 18.2 Å². The van der Waals surface area contributed by atoms with Gasteiger partial charge in [-0.15, -0.1) is 0 Å². The number of nitrogens with one attached hydrogen (secondary N) is 1. The van der Waals surface area contributed by atoms with Crippen LogP contribution in [0, 0.1) is 0 Å². The maximum atomic E-state index is 11.9. The van der Waals surface area contributed by atoms with Crippen LogP contribution in [0.25, 0.3) is 0 Å². The molecule has 0 saturated carbocycles. The molecule has 0 fully saturated rings. The summed E-state index contributed by atoms with van der Waals surface area (Å²) in [6.45, 7) is 0.104. The van der Waals surface area contributed by atoms with Gasteiger partial charge in [0.05, 0.1) is 17.8 Å². The number of nitrogens with zero attached hydrogens (tertiary/aromatic N) is 1. The highest BCUT2D eigenvalue weighted by molar-refractivity contribution is 9.10. The number of hydrazone groups is 1. The average Bonchev–Trinajstić information content (AvgIpc) is 2.78. The van der Waals surface area contributed by atoms with E-state index in [0.717, 1.165) is 5.56 Å². The van der Waals surface area contributed by atoms with Crippen molar-refractivity contribution < 1.29 is 19.0 Å². The molecule has 1 N–H and O–H groups in total. The number of halogens is 3. The van der Waals surface area contributed by atoms with Crippen LogP contribution in [-0.2, 0) is 11.4 Å². The summed E-state index contributed by atoms with van der Waals surface area (Å²) in [6, 6.07) is 17.7. The molecule has 0 aliphatic heterocycles. The predicted octanol–water partition coefficient (Wildman–Crippen LogP) is 5.87. The summed E-state index contributed by atoms with van der Waals surface area (Å²) >= 11 is 15.5. The minimum Gasteiger partial charge on any atom is -0.493 e. The fourth-order valence-corrected chi connectivity index (χ4v) is 3.50. The third kappa shape index (κ3) is 6.88. The molecule has 0 saturated heterocycles. The Labute approximate surface area is 204 Å². The third-order valence-electron chi connectivity index (χ3n) is 4.17. The third-order valence-corrected chi connectivity index (χ3v) is 5.38. The highest BCUT2D eigenvalue weighted by Gasteiger charge is 2.12. The Balaban J connectivity index is 1.58. The Morgan fingerprint density at radius 1 is 1.09 bits per heavy atom. The zero-order valence-corrected chi connectivity index (χ0v) is 20.1. The van der Waals surface area contributed by atoms with Crippen molar-refractivity contribution in [3.05, 3.63) is 86.3 Å². The number of hydrogen-bond acceptors (Lipinski definition) is 5. The average molecular weight is 538 g/mol. The number of ether oxygens (including phenoxy) is 3. The van der Waals surface area contributed by atoms with E-state index in [-0.39, 0.29) is 13.2 Å². The molecule has 0 atom stereocenters. The molecule has 0 bridgehead atoms. The molecule has 3 aromatic rings. The Bertz CT molecular complexity index is 1110. The molecule has 3 aromatic carbocycles. The van der Waals surface area contributed by atoms with Gasteiger partial charge in [-0.25, -0.2) is 5.43 Å². The molecule has 0 aliphatic rings. The van der Waals surface area contributed by atoms with Gasteiger partial charge in [-0.05, 0) is 64.0 Å². The fraction of sp³-hybridized carbons (Fsp3) is 0.130. The lowest BCUT2D eigenvalue weighted by Gasteiger charge is -2.14. The van der Waals surface area contributed by atoms with Crippen LogP contribution >= 0.6 is 39.1 Å². The summed E-state index contributed by atoms with van der Waals surface area (Å²) in [5.41, 5.74) is 3.97. The zero-order chi connectivity index (χ0) is 22.9. The minimum absolute atomic E-state index is 0.180. The van der Waals surface area contributed by atoms with Crippen LogP contribution in [0.15, 0.2) is 70.2 Å². The predicted molar refractivity (Wildman–Crippen MR) is 129 cm³/mol. The molecule has 0 unspecified atom stereocenters. The summed E-state index contributed by atoms with van der Waals surface area (Å²) < 4.78 is 17.4. The van der Waals surface area contributed by atoms with E-state index in [1.54, 1.807) is 49.6 Å². The molecule has 6 nitrogen and oxygen atoms in total. The number of methoxy groups -OCH3 is 1. The molecule has 0 radical (unpaired) electrons. The van der Waals surface area contributed by atoms with Crippen LogP contribution in [0.4, 0.5) is 0 Å².